The van der Waals surface area contributed by atoms with Crippen LogP contribution in [0.1, 0.15) is 5.69 Å². The fourth-order valence-electron chi connectivity index (χ4n) is 0.923. The van der Waals surface area contributed by atoms with Gasteiger partial charge in [0.05, 0.1) is 0 Å². The predicted molar refractivity (Wildman–Crippen MR) is 73.0 cm³/mol. The van der Waals surface area contributed by atoms with Gasteiger partial charge in [0.25, 0.3) is 0 Å². The lowest BCUT2D eigenvalue weighted by Gasteiger charge is -1.81. The van der Waals surface area contributed by atoms with Crippen LogP contribution in [0.5, 0.6) is 0 Å². The van der Waals surface area contributed by atoms with E-state index in [9.17, 15) is 0 Å². The van der Waals surface area contributed by atoms with E-state index in [1.54, 1.807) is 43.4 Å². The summed E-state index contributed by atoms with van der Waals surface area (Å²) in [6.07, 6.45) is 13.3. The summed E-state index contributed by atoms with van der Waals surface area (Å²) in [5.74, 6) is 0. The minimum absolute atomic E-state index is 1.01. The second-order valence-corrected chi connectivity index (χ2v) is 3.27. The molecule has 0 radical (unpaired) electrons. The van der Waals surface area contributed by atoms with Gasteiger partial charge in [-0.05, 0) is 25.1 Å². The third kappa shape index (κ3) is 9.05. The summed E-state index contributed by atoms with van der Waals surface area (Å²) in [5, 5.41) is 0. The molecule has 0 bridgehead atoms. The minimum Gasteiger partial charge on any atom is -0.265 e. The fraction of sp³-hybridized carbons (Fsp3) is 0.0714. The molecule has 0 unspecified atom stereocenters. The summed E-state index contributed by atoms with van der Waals surface area (Å²) < 4.78 is 0. The van der Waals surface area contributed by atoms with Crippen LogP contribution in [0.3, 0.4) is 0 Å². The maximum absolute atomic E-state index is 3.87. The molecule has 3 aromatic rings. The van der Waals surface area contributed by atoms with Crippen LogP contribution in [0.15, 0.2) is 74.0 Å². The second kappa shape index (κ2) is 10.5. The summed E-state index contributed by atoms with van der Waals surface area (Å²) in [5.41, 5.74) is 1.01. The Kier molecular flexibility index (Phi) is 7.91. The van der Waals surface area contributed by atoms with Crippen molar-refractivity contribution in [3.8, 4) is 0 Å². The number of hydrogen-bond donors (Lipinski definition) is 0. The highest BCUT2D eigenvalue weighted by Gasteiger charge is 1.74. The number of aromatic nitrogens is 5. The van der Waals surface area contributed by atoms with Crippen LogP contribution in [0.4, 0.5) is 0 Å². The van der Waals surface area contributed by atoms with E-state index in [0.717, 1.165) is 5.69 Å². The van der Waals surface area contributed by atoms with E-state index in [4.69, 9.17) is 0 Å². The highest BCUT2D eigenvalue weighted by atomic mass is 14.8. The van der Waals surface area contributed by atoms with Crippen molar-refractivity contribution in [1.29, 1.82) is 0 Å². The topological polar surface area (TPSA) is 64.5 Å². The summed E-state index contributed by atoms with van der Waals surface area (Å²) in [6, 6.07) is 7.58. The lowest BCUT2D eigenvalue weighted by molar-refractivity contribution is 1.10. The van der Waals surface area contributed by atoms with Crippen molar-refractivity contribution in [2.75, 3.05) is 0 Å². The van der Waals surface area contributed by atoms with E-state index < -0.39 is 0 Å². The largest absolute Gasteiger partial charge is 0.265 e. The van der Waals surface area contributed by atoms with Crippen LogP contribution in [-0.2, 0) is 0 Å². The molecule has 0 fully saturated rings. The average Bonchev–Trinajstić information content (AvgIpc) is 2.53. The SMILES string of the molecule is Cc1ccncn1.c1ccncc1.c1cnccn1. The Balaban J connectivity index is 0.000000143. The monoisotopic (exact) mass is 253 g/mol. The number of nitrogens with zero attached hydrogens (tertiary/aromatic N) is 5. The number of rotatable bonds is 0. The van der Waals surface area contributed by atoms with Gasteiger partial charge >= 0.3 is 0 Å². The predicted octanol–water partition coefficient (Wildman–Crippen LogP) is 2.34. The molecule has 0 aliphatic heterocycles. The van der Waals surface area contributed by atoms with E-state index in [0.29, 0.717) is 0 Å². The van der Waals surface area contributed by atoms with Gasteiger partial charge < -0.3 is 0 Å². The van der Waals surface area contributed by atoms with Crippen molar-refractivity contribution in [2.24, 2.45) is 0 Å². The molecule has 0 atom stereocenters. The first kappa shape index (κ1) is 14.4. The molecule has 3 heterocycles. The molecule has 0 spiro atoms. The van der Waals surface area contributed by atoms with Crippen molar-refractivity contribution in [3.63, 3.8) is 0 Å². The molecular weight excluding hydrogens is 238 g/mol. The average molecular weight is 253 g/mol. The zero-order valence-corrected chi connectivity index (χ0v) is 10.7. The summed E-state index contributed by atoms with van der Waals surface area (Å²) in [6.45, 7) is 1.93. The van der Waals surface area contributed by atoms with Gasteiger partial charge in [-0.25, -0.2) is 9.97 Å². The molecule has 96 valence electrons. The van der Waals surface area contributed by atoms with E-state index in [2.05, 4.69) is 24.9 Å². The molecule has 0 aliphatic rings. The molecule has 0 aromatic carbocycles. The number of hydrogen-bond acceptors (Lipinski definition) is 5. The molecule has 19 heavy (non-hydrogen) atoms. The Bertz CT molecular complexity index is 417. The Morgan fingerprint density at radius 1 is 0.632 bits per heavy atom. The van der Waals surface area contributed by atoms with Gasteiger partial charge in [-0.15, -0.1) is 0 Å². The first-order chi connectivity index (χ1) is 9.39. The van der Waals surface area contributed by atoms with Gasteiger partial charge in [0.1, 0.15) is 6.33 Å². The van der Waals surface area contributed by atoms with Gasteiger partial charge in [-0.1, -0.05) is 6.07 Å². The summed E-state index contributed by atoms with van der Waals surface area (Å²) in [4.78, 5) is 18.8. The Morgan fingerprint density at radius 2 is 1.21 bits per heavy atom. The second-order valence-electron chi connectivity index (χ2n) is 3.27. The first-order valence-electron chi connectivity index (χ1n) is 5.67. The van der Waals surface area contributed by atoms with Crippen LogP contribution >= 0.6 is 0 Å². The molecule has 3 aromatic heterocycles. The Hall–Kier alpha value is -2.69. The molecule has 0 amide bonds. The molecule has 0 saturated heterocycles. The quantitative estimate of drug-likeness (QED) is 0.615. The lowest BCUT2D eigenvalue weighted by atomic mass is 10.5. The highest BCUT2D eigenvalue weighted by molar-refractivity contribution is 4.92. The smallest absolute Gasteiger partial charge is 0.115 e. The van der Waals surface area contributed by atoms with Gasteiger partial charge in [0.2, 0.25) is 0 Å². The van der Waals surface area contributed by atoms with Gasteiger partial charge in [0, 0.05) is 49.1 Å². The van der Waals surface area contributed by atoms with Crippen molar-refractivity contribution in [2.45, 2.75) is 6.92 Å². The highest BCUT2D eigenvalue weighted by Crippen LogP contribution is 1.82. The molecule has 0 saturated carbocycles. The number of pyridine rings is 1. The van der Waals surface area contributed by atoms with E-state index in [1.807, 2.05) is 31.2 Å². The molecule has 0 aliphatic carbocycles. The standard InChI is InChI=1S/C5H6N2.C5H5N.C4H4N2/c1-5-2-3-6-4-7-5;1-2-4-6-5-3-1;1-2-6-4-3-5-1/h2-4H,1H3;1-5H;1-4H. The van der Waals surface area contributed by atoms with Crippen LogP contribution in [0, 0.1) is 6.92 Å². The zero-order chi connectivity index (χ0) is 13.6. The third-order valence-electron chi connectivity index (χ3n) is 1.77. The van der Waals surface area contributed by atoms with Crippen molar-refractivity contribution < 1.29 is 0 Å². The Labute approximate surface area is 112 Å². The lowest BCUT2D eigenvalue weighted by Crippen LogP contribution is -1.77. The van der Waals surface area contributed by atoms with Crippen LogP contribution in [-0.4, -0.2) is 24.9 Å². The van der Waals surface area contributed by atoms with Crippen LogP contribution in [0.2, 0.25) is 0 Å². The molecular formula is C14H15N5. The minimum atomic E-state index is 1.01. The van der Waals surface area contributed by atoms with Crippen LogP contribution < -0.4 is 0 Å². The van der Waals surface area contributed by atoms with E-state index >= 15 is 0 Å². The van der Waals surface area contributed by atoms with Gasteiger partial charge in [0.15, 0.2) is 0 Å². The van der Waals surface area contributed by atoms with E-state index in [1.165, 1.54) is 6.33 Å². The third-order valence-corrected chi connectivity index (χ3v) is 1.77. The summed E-state index contributed by atoms with van der Waals surface area (Å²) in [7, 11) is 0. The molecule has 5 nitrogen and oxygen atoms in total. The molecule has 5 heteroatoms. The van der Waals surface area contributed by atoms with Gasteiger partial charge in [-0.2, -0.15) is 0 Å². The maximum atomic E-state index is 3.87. The Morgan fingerprint density at radius 3 is 1.42 bits per heavy atom. The van der Waals surface area contributed by atoms with Crippen molar-refractivity contribution in [1.82, 2.24) is 24.9 Å². The van der Waals surface area contributed by atoms with Crippen LogP contribution in [0.25, 0.3) is 0 Å². The van der Waals surface area contributed by atoms with Crippen molar-refractivity contribution in [3.05, 3.63) is 79.7 Å². The molecule has 0 N–H and O–H groups in total. The zero-order valence-electron chi connectivity index (χ0n) is 10.7. The molecule has 3 rings (SSSR count). The van der Waals surface area contributed by atoms with E-state index in [-0.39, 0.29) is 0 Å². The maximum Gasteiger partial charge on any atom is 0.115 e. The number of aryl methyl sites for hydroxylation is 1. The van der Waals surface area contributed by atoms with Crippen molar-refractivity contribution >= 4 is 0 Å². The first-order valence-corrected chi connectivity index (χ1v) is 5.67. The fourth-order valence-corrected chi connectivity index (χ4v) is 0.923. The normalized spacial score (nSPS) is 8.26. The van der Waals surface area contributed by atoms with Gasteiger partial charge in [-0.3, -0.25) is 15.0 Å². The summed E-state index contributed by atoms with van der Waals surface area (Å²) >= 11 is 0.